The number of carbonyl (C=O) groups is 1. The minimum absolute atomic E-state index is 0. The number of nitrogens with one attached hydrogen (secondary N) is 1. The highest BCUT2D eigenvalue weighted by molar-refractivity contribution is 5.85. The number of rotatable bonds is 4. The van der Waals surface area contributed by atoms with Crippen molar-refractivity contribution in [2.24, 2.45) is 0 Å². The molecule has 1 N–H and O–H groups in total. The third-order valence-corrected chi connectivity index (χ3v) is 4.71. The van der Waals surface area contributed by atoms with Gasteiger partial charge in [0, 0.05) is 31.5 Å². The zero-order chi connectivity index (χ0) is 14.7. The van der Waals surface area contributed by atoms with Crippen LogP contribution in [-0.2, 0) is 4.79 Å². The molecule has 0 bridgehead atoms. The van der Waals surface area contributed by atoms with Crippen molar-refractivity contribution in [2.45, 2.75) is 37.6 Å². The summed E-state index contributed by atoms with van der Waals surface area (Å²) in [6.45, 7) is 2.81. The van der Waals surface area contributed by atoms with Crippen LogP contribution >= 0.6 is 12.4 Å². The standard InChI is InChI=1S/C17H24N2O2.ClH/c1-21-16-6-4-13(5-7-16)14-8-10-19(12-14)17(20)11-15-3-2-9-18-15;/h4-7,14-15,18H,2-3,8-12H2,1H3;1H. The molecule has 2 fully saturated rings. The minimum atomic E-state index is 0. The Morgan fingerprint density at radius 3 is 2.73 bits per heavy atom. The van der Waals surface area contributed by atoms with Crippen LogP contribution in [0.5, 0.6) is 5.75 Å². The van der Waals surface area contributed by atoms with Gasteiger partial charge in [-0.25, -0.2) is 0 Å². The van der Waals surface area contributed by atoms with E-state index in [-0.39, 0.29) is 12.4 Å². The summed E-state index contributed by atoms with van der Waals surface area (Å²) in [7, 11) is 1.68. The van der Waals surface area contributed by atoms with Crippen LogP contribution < -0.4 is 10.1 Å². The van der Waals surface area contributed by atoms with Gasteiger partial charge in [0.15, 0.2) is 0 Å². The van der Waals surface area contributed by atoms with Gasteiger partial charge in [0.25, 0.3) is 0 Å². The zero-order valence-corrected chi connectivity index (χ0v) is 13.9. The monoisotopic (exact) mass is 324 g/mol. The largest absolute Gasteiger partial charge is 0.497 e. The summed E-state index contributed by atoms with van der Waals surface area (Å²) in [5.41, 5.74) is 1.31. The second kappa shape index (κ2) is 7.84. The number of ether oxygens (including phenoxy) is 1. The topological polar surface area (TPSA) is 41.6 Å². The molecule has 3 rings (SSSR count). The quantitative estimate of drug-likeness (QED) is 0.925. The van der Waals surface area contributed by atoms with E-state index in [1.165, 1.54) is 12.0 Å². The Hall–Kier alpha value is -1.26. The Morgan fingerprint density at radius 2 is 2.09 bits per heavy atom. The smallest absolute Gasteiger partial charge is 0.224 e. The van der Waals surface area contributed by atoms with E-state index in [9.17, 15) is 4.79 Å². The summed E-state index contributed by atoms with van der Waals surface area (Å²) in [6.07, 6.45) is 4.07. The third-order valence-electron chi connectivity index (χ3n) is 4.71. The number of hydrogen-bond acceptors (Lipinski definition) is 3. The Kier molecular flexibility index (Phi) is 6.09. The summed E-state index contributed by atoms with van der Waals surface area (Å²) in [5.74, 6) is 1.67. The van der Waals surface area contributed by atoms with Crippen molar-refractivity contribution >= 4 is 18.3 Å². The fourth-order valence-electron chi connectivity index (χ4n) is 3.41. The van der Waals surface area contributed by atoms with Crippen molar-refractivity contribution in [3.63, 3.8) is 0 Å². The molecule has 0 aliphatic carbocycles. The molecule has 0 saturated carbocycles. The molecule has 2 heterocycles. The van der Waals surface area contributed by atoms with Gasteiger partial charge in [-0.05, 0) is 43.5 Å². The van der Waals surface area contributed by atoms with Crippen molar-refractivity contribution in [3.8, 4) is 5.75 Å². The molecule has 0 radical (unpaired) electrons. The van der Waals surface area contributed by atoms with E-state index in [2.05, 4.69) is 17.4 Å². The average molecular weight is 325 g/mol. The van der Waals surface area contributed by atoms with Gasteiger partial charge in [-0.1, -0.05) is 12.1 Å². The SMILES string of the molecule is COc1ccc(C2CCN(C(=O)CC3CCCN3)C2)cc1.Cl. The molecule has 1 aromatic rings. The van der Waals surface area contributed by atoms with Gasteiger partial charge >= 0.3 is 0 Å². The predicted molar refractivity (Wildman–Crippen MR) is 89.8 cm³/mol. The number of methoxy groups -OCH3 is 1. The summed E-state index contributed by atoms with van der Waals surface area (Å²) in [4.78, 5) is 14.4. The molecule has 0 aromatic heterocycles. The van der Waals surface area contributed by atoms with E-state index in [1.807, 2.05) is 17.0 Å². The molecule has 5 heteroatoms. The summed E-state index contributed by atoms with van der Waals surface area (Å²) < 4.78 is 5.19. The van der Waals surface area contributed by atoms with Crippen LogP contribution in [0, 0.1) is 0 Å². The van der Waals surface area contributed by atoms with Gasteiger partial charge in [-0.2, -0.15) is 0 Å². The van der Waals surface area contributed by atoms with Crippen LogP contribution in [0.4, 0.5) is 0 Å². The van der Waals surface area contributed by atoms with Crippen LogP contribution in [0.25, 0.3) is 0 Å². The van der Waals surface area contributed by atoms with E-state index in [0.717, 1.165) is 38.2 Å². The highest BCUT2D eigenvalue weighted by Crippen LogP contribution is 2.29. The maximum atomic E-state index is 12.3. The van der Waals surface area contributed by atoms with Gasteiger partial charge in [-0.3, -0.25) is 4.79 Å². The molecule has 4 nitrogen and oxygen atoms in total. The van der Waals surface area contributed by atoms with Gasteiger partial charge in [-0.15, -0.1) is 12.4 Å². The molecule has 2 atom stereocenters. The highest BCUT2D eigenvalue weighted by atomic mass is 35.5. The molecular formula is C17H25ClN2O2. The van der Waals surface area contributed by atoms with Crippen LogP contribution in [0.15, 0.2) is 24.3 Å². The number of benzene rings is 1. The second-order valence-corrected chi connectivity index (χ2v) is 6.10. The first-order chi connectivity index (χ1) is 10.3. The van der Waals surface area contributed by atoms with Crippen molar-refractivity contribution in [3.05, 3.63) is 29.8 Å². The maximum Gasteiger partial charge on any atom is 0.224 e. The maximum absolute atomic E-state index is 12.3. The molecule has 2 saturated heterocycles. The first-order valence-electron chi connectivity index (χ1n) is 7.91. The molecule has 122 valence electrons. The minimum Gasteiger partial charge on any atom is -0.497 e. The van der Waals surface area contributed by atoms with E-state index >= 15 is 0 Å². The van der Waals surface area contributed by atoms with E-state index in [4.69, 9.17) is 4.74 Å². The number of likely N-dealkylation sites (tertiary alicyclic amines) is 1. The average Bonchev–Trinajstić information content (AvgIpc) is 3.18. The predicted octanol–water partition coefficient (Wildman–Crippen LogP) is 2.58. The first-order valence-corrected chi connectivity index (χ1v) is 7.91. The fourth-order valence-corrected chi connectivity index (χ4v) is 3.41. The molecule has 1 amide bonds. The fraction of sp³-hybridized carbons (Fsp3) is 0.588. The Morgan fingerprint density at radius 1 is 1.32 bits per heavy atom. The summed E-state index contributed by atoms with van der Waals surface area (Å²) in [6, 6.07) is 8.65. The molecule has 22 heavy (non-hydrogen) atoms. The Balaban J connectivity index is 0.00000176. The van der Waals surface area contributed by atoms with Crippen LogP contribution in [0.2, 0.25) is 0 Å². The number of hydrogen-bond donors (Lipinski definition) is 1. The van der Waals surface area contributed by atoms with Crippen LogP contribution in [-0.4, -0.2) is 43.6 Å². The molecule has 2 aliphatic heterocycles. The zero-order valence-electron chi connectivity index (χ0n) is 13.1. The Bertz CT molecular complexity index is 486. The van der Waals surface area contributed by atoms with Gasteiger partial charge in [0.05, 0.1) is 7.11 Å². The van der Waals surface area contributed by atoms with Crippen LogP contribution in [0.1, 0.15) is 37.2 Å². The molecule has 2 aliphatic rings. The molecular weight excluding hydrogens is 300 g/mol. The van der Waals surface area contributed by atoms with Crippen molar-refractivity contribution < 1.29 is 9.53 Å². The van der Waals surface area contributed by atoms with E-state index < -0.39 is 0 Å². The number of carbonyl (C=O) groups excluding carboxylic acids is 1. The van der Waals surface area contributed by atoms with Crippen LogP contribution in [0.3, 0.4) is 0 Å². The number of halogens is 1. The highest BCUT2D eigenvalue weighted by Gasteiger charge is 2.29. The molecule has 0 spiro atoms. The lowest BCUT2D eigenvalue weighted by molar-refractivity contribution is -0.130. The Labute approximate surface area is 138 Å². The van der Waals surface area contributed by atoms with Gasteiger partial charge in [0.1, 0.15) is 5.75 Å². The lowest BCUT2D eigenvalue weighted by Crippen LogP contribution is -2.34. The summed E-state index contributed by atoms with van der Waals surface area (Å²) >= 11 is 0. The van der Waals surface area contributed by atoms with Gasteiger partial charge < -0.3 is 15.0 Å². The van der Waals surface area contributed by atoms with Crippen molar-refractivity contribution in [2.75, 3.05) is 26.7 Å². The van der Waals surface area contributed by atoms with E-state index in [0.29, 0.717) is 24.3 Å². The number of nitrogens with zero attached hydrogens (tertiary/aromatic N) is 1. The molecule has 1 aromatic carbocycles. The lowest BCUT2D eigenvalue weighted by Gasteiger charge is -2.19. The van der Waals surface area contributed by atoms with Gasteiger partial charge in [0.2, 0.25) is 5.91 Å². The summed E-state index contributed by atoms with van der Waals surface area (Å²) in [5, 5.41) is 3.41. The molecule has 2 unspecified atom stereocenters. The third kappa shape index (κ3) is 3.93. The van der Waals surface area contributed by atoms with E-state index in [1.54, 1.807) is 7.11 Å². The number of amides is 1. The normalized spacial score (nSPS) is 24.1. The van der Waals surface area contributed by atoms with Crippen molar-refractivity contribution in [1.82, 2.24) is 10.2 Å². The first kappa shape index (κ1) is 17.1. The van der Waals surface area contributed by atoms with Crippen molar-refractivity contribution in [1.29, 1.82) is 0 Å². The lowest BCUT2D eigenvalue weighted by atomic mass is 9.98. The second-order valence-electron chi connectivity index (χ2n) is 6.10.